The molecular weight excluding hydrogens is 221 g/mol. The van der Waals surface area contributed by atoms with Crippen LogP contribution in [0.3, 0.4) is 0 Å². The summed E-state index contributed by atoms with van der Waals surface area (Å²) >= 11 is 11.8. The Kier molecular flexibility index (Phi) is 2.57. The minimum atomic E-state index is 0.466. The first-order chi connectivity index (χ1) is 6.74. The van der Waals surface area contributed by atoms with Crippen LogP contribution in [0.15, 0.2) is 22.8 Å². The maximum absolute atomic E-state index is 5.99. The van der Waals surface area contributed by atoms with Crippen molar-refractivity contribution in [3.8, 4) is 0 Å². The Balaban J connectivity index is 2.64. The topological polar surface area (TPSA) is 25.2 Å². The standard InChI is InChI=1S/C10H9Cl2NO/c1-2-13-8-5-14-10-6(8)3-4-7(11)9(10)12/h3-5,13H,2H2,1H3. The Bertz CT molecular complexity index is 464. The zero-order valence-electron chi connectivity index (χ0n) is 7.60. The van der Waals surface area contributed by atoms with Gasteiger partial charge < -0.3 is 9.73 Å². The Hall–Kier alpha value is -0.860. The third-order valence-corrected chi connectivity index (χ3v) is 2.79. The second kappa shape index (κ2) is 3.71. The highest BCUT2D eigenvalue weighted by atomic mass is 35.5. The lowest BCUT2D eigenvalue weighted by Gasteiger charge is -1.99. The first-order valence-corrected chi connectivity index (χ1v) is 5.08. The van der Waals surface area contributed by atoms with Gasteiger partial charge in [0.15, 0.2) is 5.58 Å². The number of hydrogen-bond acceptors (Lipinski definition) is 2. The normalized spacial score (nSPS) is 10.8. The van der Waals surface area contributed by atoms with E-state index in [1.54, 1.807) is 12.3 Å². The molecule has 0 amide bonds. The molecule has 2 nitrogen and oxygen atoms in total. The summed E-state index contributed by atoms with van der Waals surface area (Å²) < 4.78 is 5.33. The molecule has 74 valence electrons. The summed E-state index contributed by atoms with van der Waals surface area (Å²) in [5.41, 5.74) is 1.58. The number of hydrogen-bond donors (Lipinski definition) is 1. The van der Waals surface area contributed by atoms with Gasteiger partial charge in [0.25, 0.3) is 0 Å². The quantitative estimate of drug-likeness (QED) is 0.837. The van der Waals surface area contributed by atoms with Crippen molar-refractivity contribution in [3.63, 3.8) is 0 Å². The Morgan fingerprint density at radius 2 is 2.14 bits per heavy atom. The van der Waals surface area contributed by atoms with Gasteiger partial charge in [0, 0.05) is 11.9 Å². The van der Waals surface area contributed by atoms with Crippen molar-refractivity contribution in [2.24, 2.45) is 0 Å². The van der Waals surface area contributed by atoms with Gasteiger partial charge in [0.05, 0.1) is 10.7 Å². The zero-order valence-corrected chi connectivity index (χ0v) is 9.12. The van der Waals surface area contributed by atoms with Crippen molar-refractivity contribution in [1.82, 2.24) is 0 Å². The molecule has 1 heterocycles. The molecule has 0 bridgehead atoms. The number of anilines is 1. The Labute approximate surface area is 91.8 Å². The van der Waals surface area contributed by atoms with Crippen molar-refractivity contribution in [3.05, 3.63) is 28.4 Å². The van der Waals surface area contributed by atoms with Gasteiger partial charge >= 0.3 is 0 Å². The van der Waals surface area contributed by atoms with Crippen molar-refractivity contribution < 1.29 is 4.42 Å². The van der Waals surface area contributed by atoms with Gasteiger partial charge in [-0.2, -0.15) is 0 Å². The molecule has 0 saturated heterocycles. The third kappa shape index (κ3) is 1.45. The summed E-state index contributed by atoms with van der Waals surface area (Å²) in [6, 6.07) is 3.66. The van der Waals surface area contributed by atoms with Crippen LogP contribution in [-0.4, -0.2) is 6.54 Å². The molecule has 0 radical (unpaired) electrons. The fourth-order valence-electron chi connectivity index (χ4n) is 1.37. The van der Waals surface area contributed by atoms with Gasteiger partial charge in [-0.05, 0) is 19.1 Å². The number of benzene rings is 1. The SMILES string of the molecule is CCNc1coc2c(Cl)c(Cl)ccc12. The lowest BCUT2D eigenvalue weighted by molar-refractivity contribution is 0.617. The molecule has 0 saturated carbocycles. The molecule has 0 aliphatic heterocycles. The van der Waals surface area contributed by atoms with Gasteiger partial charge in [-0.15, -0.1) is 0 Å². The molecule has 2 aromatic rings. The second-order valence-corrected chi connectivity index (χ2v) is 3.70. The van der Waals surface area contributed by atoms with E-state index in [1.165, 1.54) is 0 Å². The number of fused-ring (bicyclic) bond motifs is 1. The molecule has 0 unspecified atom stereocenters. The van der Waals surface area contributed by atoms with Crippen LogP contribution in [0.2, 0.25) is 10.0 Å². The molecule has 0 spiro atoms. The van der Waals surface area contributed by atoms with E-state index in [0.29, 0.717) is 15.6 Å². The Morgan fingerprint density at radius 3 is 2.86 bits per heavy atom. The maximum Gasteiger partial charge on any atom is 0.156 e. The van der Waals surface area contributed by atoms with Gasteiger partial charge in [-0.25, -0.2) is 0 Å². The molecule has 1 aromatic carbocycles. The summed E-state index contributed by atoms with van der Waals surface area (Å²) in [4.78, 5) is 0. The first-order valence-electron chi connectivity index (χ1n) is 4.33. The fraction of sp³-hybridized carbons (Fsp3) is 0.200. The molecule has 0 fully saturated rings. The molecule has 0 aliphatic rings. The van der Waals surface area contributed by atoms with Crippen LogP contribution in [0.5, 0.6) is 0 Å². The highest BCUT2D eigenvalue weighted by Crippen LogP contribution is 2.35. The van der Waals surface area contributed by atoms with E-state index in [2.05, 4.69) is 5.32 Å². The van der Waals surface area contributed by atoms with Crippen molar-refractivity contribution in [2.75, 3.05) is 11.9 Å². The van der Waals surface area contributed by atoms with E-state index in [9.17, 15) is 0 Å². The summed E-state index contributed by atoms with van der Waals surface area (Å²) in [5, 5.41) is 5.12. The molecular formula is C10H9Cl2NO. The van der Waals surface area contributed by atoms with E-state index in [-0.39, 0.29) is 0 Å². The van der Waals surface area contributed by atoms with Crippen LogP contribution >= 0.6 is 23.2 Å². The number of rotatable bonds is 2. The summed E-state index contributed by atoms with van der Waals surface area (Å²) in [7, 11) is 0. The summed E-state index contributed by atoms with van der Waals surface area (Å²) in [5.74, 6) is 0. The molecule has 14 heavy (non-hydrogen) atoms. The number of furan rings is 1. The van der Waals surface area contributed by atoms with E-state index >= 15 is 0 Å². The summed E-state index contributed by atoms with van der Waals surface area (Å²) in [6.07, 6.45) is 1.65. The minimum absolute atomic E-state index is 0.466. The smallest absolute Gasteiger partial charge is 0.156 e. The van der Waals surface area contributed by atoms with Crippen LogP contribution in [0.25, 0.3) is 11.0 Å². The average molecular weight is 230 g/mol. The minimum Gasteiger partial charge on any atom is -0.460 e. The molecule has 2 rings (SSSR count). The lowest BCUT2D eigenvalue weighted by atomic mass is 10.2. The van der Waals surface area contributed by atoms with Crippen molar-refractivity contribution >= 4 is 39.9 Å². The zero-order chi connectivity index (χ0) is 10.1. The van der Waals surface area contributed by atoms with Gasteiger partial charge in [0.2, 0.25) is 0 Å². The van der Waals surface area contributed by atoms with Crippen molar-refractivity contribution in [1.29, 1.82) is 0 Å². The maximum atomic E-state index is 5.99. The molecule has 4 heteroatoms. The van der Waals surface area contributed by atoms with E-state index in [4.69, 9.17) is 27.6 Å². The van der Waals surface area contributed by atoms with E-state index in [0.717, 1.165) is 17.6 Å². The van der Waals surface area contributed by atoms with Crippen LogP contribution < -0.4 is 5.32 Å². The summed E-state index contributed by atoms with van der Waals surface area (Å²) in [6.45, 7) is 2.87. The molecule has 0 atom stereocenters. The third-order valence-electron chi connectivity index (χ3n) is 2.00. The van der Waals surface area contributed by atoms with E-state index in [1.807, 2.05) is 13.0 Å². The lowest BCUT2D eigenvalue weighted by Crippen LogP contribution is -1.94. The second-order valence-electron chi connectivity index (χ2n) is 2.92. The molecule has 1 N–H and O–H groups in total. The van der Waals surface area contributed by atoms with Crippen LogP contribution in [0.4, 0.5) is 5.69 Å². The largest absolute Gasteiger partial charge is 0.460 e. The van der Waals surface area contributed by atoms with Crippen molar-refractivity contribution in [2.45, 2.75) is 6.92 Å². The monoisotopic (exact) mass is 229 g/mol. The first kappa shape index (κ1) is 9.69. The van der Waals surface area contributed by atoms with Gasteiger partial charge in [-0.1, -0.05) is 23.2 Å². The highest BCUT2D eigenvalue weighted by molar-refractivity contribution is 6.45. The van der Waals surface area contributed by atoms with Crippen LogP contribution in [-0.2, 0) is 0 Å². The molecule has 0 aliphatic carbocycles. The predicted octanol–water partition coefficient (Wildman–Crippen LogP) is 4.17. The predicted molar refractivity (Wildman–Crippen MR) is 60.4 cm³/mol. The number of nitrogens with one attached hydrogen (secondary N) is 1. The Morgan fingerprint density at radius 1 is 1.36 bits per heavy atom. The van der Waals surface area contributed by atoms with Gasteiger partial charge in [-0.3, -0.25) is 0 Å². The molecule has 1 aromatic heterocycles. The van der Waals surface area contributed by atoms with Crippen LogP contribution in [0, 0.1) is 0 Å². The van der Waals surface area contributed by atoms with Crippen LogP contribution in [0.1, 0.15) is 6.92 Å². The van der Waals surface area contributed by atoms with Gasteiger partial charge in [0.1, 0.15) is 11.3 Å². The number of halogens is 2. The fourth-order valence-corrected chi connectivity index (χ4v) is 1.73. The average Bonchev–Trinajstić information content (AvgIpc) is 2.57. The highest BCUT2D eigenvalue weighted by Gasteiger charge is 2.10. The van der Waals surface area contributed by atoms with E-state index < -0.39 is 0 Å².